The molecule has 160 valence electrons. The van der Waals surface area contributed by atoms with E-state index in [0.29, 0.717) is 6.04 Å². The monoisotopic (exact) mass is 410 g/mol. The Morgan fingerprint density at radius 1 is 0.710 bits per heavy atom. The van der Waals surface area contributed by atoms with Crippen LogP contribution >= 0.6 is 0 Å². The fraction of sp³-hybridized carbons (Fsp3) is 0.310. The molecule has 0 radical (unpaired) electrons. The first-order valence-electron chi connectivity index (χ1n) is 11.1. The third-order valence-electron chi connectivity index (χ3n) is 7.07. The average molecular weight is 411 g/mol. The van der Waals surface area contributed by atoms with Crippen molar-refractivity contribution < 1.29 is 0 Å². The van der Waals surface area contributed by atoms with Gasteiger partial charge in [-0.05, 0) is 29.3 Å². The Labute approximate surface area is 187 Å². The molecule has 0 aromatic heterocycles. The molecule has 31 heavy (non-hydrogen) atoms. The molecular weight excluding hydrogens is 376 g/mol. The van der Waals surface area contributed by atoms with Gasteiger partial charge in [-0.15, -0.1) is 0 Å². The fourth-order valence-corrected chi connectivity index (χ4v) is 5.30. The summed E-state index contributed by atoms with van der Waals surface area (Å²) >= 11 is 0. The summed E-state index contributed by atoms with van der Waals surface area (Å²) in [5, 5.41) is 0. The predicted molar refractivity (Wildman–Crippen MR) is 135 cm³/mol. The van der Waals surface area contributed by atoms with Crippen molar-refractivity contribution in [2.24, 2.45) is 0 Å². The highest BCUT2D eigenvalue weighted by atomic mass is 15.2. The lowest BCUT2D eigenvalue weighted by Gasteiger charge is -2.29. The molecule has 2 heteroatoms. The minimum Gasteiger partial charge on any atom is -0.367 e. The fourth-order valence-electron chi connectivity index (χ4n) is 5.30. The summed E-state index contributed by atoms with van der Waals surface area (Å²) in [6, 6.07) is 17.8. The van der Waals surface area contributed by atoms with Crippen molar-refractivity contribution >= 4 is 11.4 Å². The highest BCUT2D eigenvalue weighted by Crippen LogP contribution is 2.46. The average Bonchev–Trinajstić information content (AvgIpc) is 3.07. The molecule has 0 fully saturated rings. The van der Waals surface area contributed by atoms with Gasteiger partial charge < -0.3 is 9.80 Å². The second kappa shape index (κ2) is 7.92. The van der Waals surface area contributed by atoms with E-state index in [4.69, 9.17) is 0 Å². The normalized spacial score (nSPS) is 22.9. The molecule has 2 aliphatic heterocycles. The van der Waals surface area contributed by atoms with E-state index in [1.54, 1.807) is 0 Å². The highest BCUT2D eigenvalue weighted by Gasteiger charge is 2.41. The van der Waals surface area contributed by atoms with Crippen molar-refractivity contribution in [1.29, 1.82) is 0 Å². The number of nitrogens with zero attached hydrogens (tertiary/aromatic N) is 2. The van der Waals surface area contributed by atoms with E-state index in [0.717, 1.165) is 0 Å². The van der Waals surface area contributed by atoms with Gasteiger partial charge in [0, 0.05) is 42.0 Å². The zero-order valence-corrected chi connectivity index (χ0v) is 19.6. The van der Waals surface area contributed by atoms with Crippen LogP contribution in [0.15, 0.2) is 96.8 Å². The predicted octanol–water partition coefficient (Wildman–Crippen LogP) is 6.76. The van der Waals surface area contributed by atoms with Crippen LogP contribution in [-0.4, -0.2) is 20.1 Å². The van der Waals surface area contributed by atoms with Gasteiger partial charge in [0.15, 0.2) is 0 Å². The maximum atomic E-state index is 2.38. The lowest BCUT2D eigenvalue weighted by molar-refractivity contribution is 0.488. The quantitative estimate of drug-likeness (QED) is 0.514. The van der Waals surface area contributed by atoms with Crippen LogP contribution in [0.1, 0.15) is 38.8 Å². The van der Waals surface area contributed by atoms with E-state index >= 15 is 0 Å². The van der Waals surface area contributed by atoms with Crippen molar-refractivity contribution in [3.63, 3.8) is 0 Å². The molecule has 0 saturated carbocycles. The Balaban J connectivity index is 1.43. The van der Waals surface area contributed by atoms with Crippen LogP contribution in [0.5, 0.6) is 0 Å². The van der Waals surface area contributed by atoms with Gasteiger partial charge in [-0.25, -0.2) is 0 Å². The van der Waals surface area contributed by atoms with Gasteiger partial charge in [0.25, 0.3) is 0 Å². The smallest absolute Gasteiger partial charge is 0.0565 e. The first kappa shape index (κ1) is 21.2. The molecule has 0 aliphatic carbocycles. The largest absolute Gasteiger partial charge is 0.367 e. The van der Waals surface area contributed by atoms with Gasteiger partial charge in [-0.1, -0.05) is 101 Å². The van der Waals surface area contributed by atoms with Crippen molar-refractivity contribution in [3.8, 4) is 0 Å². The van der Waals surface area contributed by atoms with Gasteiger partial charge in [0.05, 0.1) is 6.04 Å². The molecule has 0 saturated heterocycles. The second-order valence-electron chi connectivity index (χ2n) is 9.70. The molecule has 0 N–H and O–H groups in total. The summed E-state index contributed by atoms with van der Waals surface area (Å²) in [5.41, 5.74) is 6.89. The molecule has 2 aromatic carbocycles. The number of rotatable bonds is 4. The molecule has 1 unspecified atom stereocenters. The Morgan fingerprint density at radius 3 is 1.97 bits per heavy atom. The van der Waals surface area contributed by atoms with E-state index < -0.39 is 0 Å². The van der Waals surface area contributed by atoms with Crippen LogP contribution in [0.4, 0.5) is 11.4 Å². The molecule has 2 aliphatic rings. The van der Waals surface area contributed by atoms with E-state index in [-0.39, 0.29) is 10.8 Å². The second-order valence-corrected chi connectivity index (χ2v) is 9.70. The van der Waals surface area contributed by atoms with E-state index in [9.17, 15) is 0 Å². The van der Waals surface area contributed by atoms with Gasteiger partial charge >= 0.3 is 0 Å². The number of anilines is 2. The van der Waals surface area contributed by atoms with Crippen molar-refractivity contribution in [1.82, 2.24) is 0 Å². The van der Waals surface area contributed by atoms with Crippen LogP contribution in [0.2, 0.25) is 0 Å². The van der Waals surface area contributed by atoms with Crippen molar-refractivity contribution in [2.45, 2.75) is 44.6 Å². The number of likely N-dealkylation sites (N-methyl/N-ethyl adjacent to an activating group) is 2. The Morgan fingerprint density at radius 2 is 1.29 bits per heavy atom. The van der Waals surface area contributed by atoms with Gasteiger partial charge in [0.2, 0.25) is 0 Å². The number of para-hydroxylation sites is 2. The number of benzene rings is 2. The topological polar surface area (TPSA) is 6.48 Å². The molecule has 2 heterocycles. The van der Waals surface area contributed by atoms with Gasteiger partial charge in [0.1, 0.15) is 0 Å². The summed E-state index contributed by atoms with van der Waals surface area (Å²) in [7, 11) is 4.35. The summed E-state index contributed by atoms with van der Waals surface area (Å²) < 4.78 is 0. The molecule has 2 nitrogen and oxygen atoms in total. The number of fused-ring (bicyclic) bond motifs is 2. The molecule has 0 spiro atoms. The first-order valence-corrected chi connectivity index (χ1v) is 11.1. The number of allylic oxidation sites excluding steroid dienone is 7. The first-order chi connectivity index (χ1) is 14.8. The maximum Gasteiger partial charge on any atom is 0.0565 e. The summed E-state index contributed by atoms with van der Waals surface area (Å²) in [5.74, 6) is 0. The highest BCUT2D eigenvalue weighted by molar-refractivity contribution is 5.70. The third-order valence-corrected chi connectivity index (χ3v) is 7.07. The van der Waals surface area contributed by atoms with Crippen LogP contribution < -0.4 is 9.80 Å². The summed E-state index contributed by atoms with van der Waals surface area (Å²) in [6.07, 6.45) is 15.2. The van der Waals surface area contributed by atoms with Crippen LogP contribution in [0, 0.1) is 0 Å². The van der Waals surface area contributed by atoms with E-state index in [1.807, 2.05) is 0 Å². The minimum absolute atomic E-state index is 0.0208. The van der Waals surface area contributed by atoms with Gasteiger partial charge in [-0.3, -0.25) is 0 Å². The molecule has 0 amide bonds. The van der Waals surface area contributed by atoms with E-state index in [2.05, 4.69) is 143 Å². The van der Waals surface area contributed by atoms with Crippen LogP contribution in [0.3, 0.4) is 0 Å². The summed E-state index contributed by atoms with van der Waals surface area (Å²) in [6.45, 7) is 9.26. The maximum absolute atomic E-state index is 2.38. The molecule has 1 atom stereocenters. The zero-order valence-electron chi connectivity index (χ0n) is 19.6. The Kier molecular flexibility index (Phi) is 5.43. The molecule has 4 rings (SSSR count). The zero-order chi connectivity index (χ0) is 22.2. The molecule has 2 aromatic rings. The van der Waals surface area contributed by atoms with Crippen molar-refractivity contribution in [3.05, 3.63) is 108 Å². The lowest BCUT2D eigenvalue weighted by atomic mass is 9.80. The van der Waals surface area contributed by atoms with Gasteiger partial charge in [-0.2, -0.15) is 0 Å². The molecular formula is C29H34N2. The Bertz CT molecular complexity index is 1080. The third kappa shape index (κ3) is 3.54. The Hall–Kier alpha value is -3.00. The molecule has 0 bridgehead atoms. The lowest BCUT2D eigenvalue weighted by Crippen LogP contribution is -2.37. The minimum atomic E-state index is 0.0208. The standard InChI is InChI=1S/C29H34N2/c1-28(2)22-16-12-14-18-24(22)30(5)26(28)20-10-8-7-9-11-21-27-29(3,4)23-17-13-15-19-25(23)31(27)6/h7-21,26H,1-6H3/b8-7+,11-9+,20-10+,27-21-. The van der Waals surface area contributed by atoms with Crippen LogP contribution in [-0.2, 0) is 10.8 Å². The number of hydrogen-bond acceptors (Lipinski definition) is 2. The van der Waals surface area contributed by atoms with E-state index in [1.165, 1.54) is 28.2 Å². The SMILES string of the molecule is CN1\C(=C/C=C/C=C/C=C/C2N(C)c3ccccc3C2(C)C)C(C)(C)c2ccccc21. The summed E-state index contributed by atoms with van der Waals surface area (Å²) in [4.78, 5) is 4.69. The number of hydrogen-bond donors (Lipinski definition) is 0. The van der Waals surface area contributed by atoms with Crippen molar-refractivity contribution in [2.75, 3.05) is 23.9 Å². The van der Waals surface area contributed by atoms with Crippen LogP contribution in [0.25, 0.3) is 0 Å².